The van der Waals surface area contributed by atoms with Crippen molar-refractivity contribution < 1.29 is 0 Å². The molecule has 6 nitrogen and oxygen atoms in total. The highest BCUT2D eigenvalue weighted by Gasteiger charge is 2.09. The van der Waals surface area contributed by atoms with Crippen LogP contribution in [0.3, 0.4) is 0 Å². The number of aromatic amines is 1. The average molecular weight is 241 g/mol. The van der Waals surface area contributed by atoms with Crippen molar-refractivity contribution in [2.45, 2.75) is 6.92 Å². The molecule has 1 N–H and O–H groups in total. The van der Waals surface area contributed by atoms with E-state index < -0.39 is 0 Å². The second-order valence-corrected chi connectivity index (χ2v) is 3.96. The van der Waals surface area contributed by atoms with Gasteiger partial charge >= 0.3 is 0 Å². The van der Waals surface area contributed by atoms with Gasteiger partial charge in [0.25, 0.3) is 5.56 Å². The van der Waals surface area contributed by atoms with Gasteiger partial charge < -0.3 is 0 Å². The Hall–Kier alpha value is -2.63. The maximum atomic E-state index is 12.2. The van der Waals surface area contributed by atoms with Crippen molar-refractivity contribution in [3.63, 3.8) is 0 Å². The largest absolute Gasteiger partial charge is 0.300 e. The zero-order chi connectivity index (χ0) is 12.5. The van der Waals surface area contributed by atoms with E-state index in [4.69, 9.17) is 0 Å². The van der Waals surface area contributed by atoms with Crippen LogP contribution in [-0.2, 0) is 0 Å². The van der Waals surface area contributed by atoms with Gasteiger partial charge in [-0.05, 0) is 24.6 Å². The van der Waals surface area contributed by atoms with E-state index in [1.807, 2.05) is 19.1 Å². The normalized spacial score (nSPS) is 10.7. The van der Waals surface area contributed by atoms with Crippen molar-refractivity contribution in [2.24, 2.45) is 0 Å². The Balaban J connectivity index is 2.13. The highest BCUT2D eigenvalue weighted by molar-refractivity contribution is 5.32. The van der Waals surface area contributed by atoms with Gasteiger partial charge in [0.2, 0.25) is 0 Å². The predicted molar refractivity (Wildman–Crippen MR) is 66.0 cm³/mol. The Morgan fingerprint density at radius 3 is 2.94 bits per heavy atom. The number of imidazole rings is 1. The molecular weight excluding hydrogens is 230 g/mol. The minimum atomic E-state index is -0.161. The number of hydrogen-bond donors (Lipinski definition) is 1. The summed E-state index contributed by atoms with van der Waals surface area (Å²) in [6.45, 7) is 1.95. The molecule has 0 aliphatic carbocycles. The van der Waals surface area contributed by atoms with Gasteiger partial charge in [-0.1, -0.05) is 0 Å². The molecule has 18 heavy (non-hydrogen) atoms. The summed E-state index contributed by atoms with van der Waals surface area (Å²) in [5.74, 6) is 0.575. The molecule has 0 aromatic carbocycles. The van der Waals surface area contributed by atoms with E-state index in [0.717, 1.165) is 5.56 Å². The second kappa shape index (κ2) is 3.99. The lowest BCUT2D eigenvalue weighted by Gasteiger charge is -2.00. The molecule has 90 valence electrons. The van der Waals surface area contributed by atoms with E-state index in [9.17, 15) is 4.79 Å². The number of aryl methyl sites for hydroxylation is 1. The lowest BCUT2D eigenvalue weighted by Crippen LogP contribution is -2.18. The van der Waals surface area contributed by atoms with Crippen LogP contribution in [0.15, 0.2) is 48.0 Å². The van der Waals surface area contributed by atoms with Crippen LogP contribution in [-0.4, -0.2) is 24.3 Å². The molecular formula is C12H11N5O. The molecule has 0 spiro atoms. The molecule has 0 unspecified atom stereocenters. The number of nitrogens with one attached hydrogen (secondary N) is 1. The van der Waals surface area contributed by atoms with Gasteiger partial charge in [0.1, 0.15) is 5.69 Å². The monoisotopic (exact) mass is 241 g/mol. The van der Waals surface area contributed by atoms with Crippen LogP contribution < -0.4 is 5.56 Å². The fourth-order valence-corrected chi connectivity index (χ4v) is 1.76. The van der Waals surface area contributed by atoms with Crippen molar-refractivity contribution in [3.05, 3.63) is 59.2 Å². The van der Waals surface area contributed by atoms with Crippen LogP contribution in [0.2, 0.25) is 0 Å². The van der Waals surface area contributed by atoms with Gasteiger partial charge in [-0.3, -0.25) is 14.5 Å². The van der Waals surface area contributed by atoms with Gasteiger partial charge in [0.15, 0.2) is 5.82 Å². The first-order valence-electron chi connectivity index (χ1n) is 5.47. The van der Waals surface area contributed by atoms with E-state index in [0.29, 0.717) is 11.5 Å². The Bertz CT molecular complexity index is 723. The molecule has 0 fully saturated rings. The summed E-state index contributed by atoms with van der Waals surface area (Å²) in [6, 6.07) is 3.73. The predicted octanol–water partition coefficient (Wildman–Crippen LogP) is 1.05. The molecule has 0 bridgehead atoms. The molecule has 0 saturated carbocycles. The smallest absolute Gasteiger partial charge is 0.296 e. The Morgan fingerprint density at radius 1 is 1.33 bits per heavy atom. The third kappa shape index (κ3) is 1.64. The molecule has 0 aliphatic heterocycles. The lowest BCUT2D eigenvalue weighted by atomic mass is 10.3. The summed E-state index contributed by atoms with van der Waals surface area (Å²) in [4.78, 5) is 20.3. The topological polar surface area (TPSA) is 68.5 Å². The third-order valence-corrected chi connectivity index (χ3v) is 2.67. The summed E-state index contributed by atoms with van der Waals surface area (Å²) in [5.41, 5.74) is 1.40. The molecule has 0 amide bonds. The molecule has 0 saturated heterocycles. The number of rotatable bonds is 2. The summed E-state index contributed by atoms with van der Waals surface area (Å²) in [7, 11) is 0. The van der Waals surface area contributed by atoms with E-state index >= 15 is 0 Å². The van der Waals surface area contributed by atoms with Crippen LogP contribution in [0.25, 0.3) is 11.5 Å². The molecule has 0 radical (unpaired) electrons. The summed E-state index contributed by atoms with van der Waals surface area (Å²) in [5, 5.41) is 2.90. The van der Waals surface area contributed by atoms with E-state index in [1.165, 1.54) is 4.68 Å². The number of nitrogens with zero attached hydrogens (tertiary/aromatic N) is 4. The number of hydrogen-bond acceptors (Lipinski definition) is 3. The quantitative estimate of drug-likeness (QED) is 0.729. The van der Waals surface area contributed by atoms with Gasteiger partial charge in [-0.15, -0.1) is 0 Å². The van der Waals surface area contributed by atoms with Crippen LogP contribution >= 0.6 is 0 Å². The maximum Gasteiger partial charge on any atom is 0.296 e. The number of H-pyrrole nitrogens is 1. The van der Waals surface area contributed by atoms with Crippen LogP contribution in [0.4, 0.5) is 0 Å². The summed E-state index contributed by atoms with van der Waals surface area (Å²) in [6.07, 6.45) is 8.24. The van der Waals surface area contributed by atoms with Crippen molar-refractivity contribution in [3.8, 4) is 11.5 Å². The van der Waals surface area contributed by atoms with Crippen molar-refractivity contribution in [1.29, 1.82) is 0 Å². The Kier molecular flexibility index (Phi) is 2.33. The molecule has 3 aromatic heterocycles. The Labute approximate surface area is 103 Å². The fourth-order valence-electron chi connectivity index (χ4n) is 1.76. The zero-order valence-electron chi connectivity index (χ0n) is 9.74. The first-order valence-corrected chi connectivity index (χ1v) is 5.47. The number of aromatic nitrogens is 5. The molecule has 3 heterocycles. The van der Waals surface area contributed by atoms with Crippen molar-refractivity contribution >= 4 is 0 Å². The second-order valence-electron chi connectivity index (χ2n) is 3.96. The first-order chi connectivity index (χ1) is 8.75. The van der Waals surface area contributed by atoms with E-state index in [2.05, 4.69) is 15.1 Å². The highest BCUT2D eigenvalue weighted by atomic mass is 16.1. The van der Waals surface area contributed by atoms with E-state index in [1.54, 1.807) is 35.7 Å². The van der Waals surface area contributed by atoms with Crippen LogP contribution in [0.1, 0.15) is 5.56 Å². The van der Waals surface area contributed by atoms with E-state index in [-0.39, 0.29) is 5.56 Å². The van der Waals surface area contributed by atoms with Crippen LogP contribution in [0, 0.1) is 6.92 Å². The number of pyridine rings is 1. The Morgan fingerprint density at radius 2 is 2.22 bits per heavy atom. The van der Waals surface area contributed by atoms with Crippen molar-refractivity contribution in [2.75, 3.05) is 0 Å². The first kappa shape index (κ1) is 10.5. The third-order valence-electron chi connectivity index (χ3n) is 2.67. The average Bonchev–Trinajstić information content (AvgIpc) is 2.97. The van der Waals surface area contributed by atoms with Gasteiger partial charge in [-0.25, -0.2) is 9.97 Å². The van der Waals surface area contributed by atoms with Gasteiger partial charge in [-0.2, -0.15) is 4.68 Å². The lowest BCUT2D eigenvalue weighted by molar-refractivity contribution is 0.815. The minimum absolute atomic E-state index is 0.161. The summed E-state index contributed by atoms with van der Waals surface area (Å²) < 4.78 is 3.06. The minimum Gasteiger partial charge on any atom is -0.300 e. The fraction of sp³-hybridized carbons (Fsp3) is 0.0833. The molecule has 6 heteroatoms. The maximum absolute atomic E-state index is 12.2. The molecule has 0 aliphatic rings. The van der Waals surface area contributed by atoms with Gasteiger partial charge in [0, 0.05) is 24.8 Å². The summed E-state index contributed by atoms with van der Waals surface area (Å²) >= 11 is 0. The SMILES string of the molecule is Cc1ccnc(-n2[nH]cc(-n3ccnc3)c2=O)c1. The molecule has 3 aromatic rings. The standard InChI is InChI=1S/C12H11N5O/c1-9-2-3-14-11(6-9)17-12(18)10(7-15-17)16-5-4-13-8-16/h2-8,15H,1H3. The highest BCUT2D eigenvalue weighted by Crippen LogP contribution is 2.05. The van der Waals surface area contributed by atoms with Crippen molar-refractivity contribution in [1.82, 2.24) is 24.3 Å². The van der Waals surface area contributed by atoms with Gasteiger partial charge in [0.05, 0.1) is 6.33 Å². The molecule has 3 rings (SSSR count). The molecule has 0 atom stereocenters. The zero-order valence-corrected chi connectivity index (χ0v) is 9.74. The van der Waals surface area contributed by atoms with Crippen LogP contribution in [0.5, 0.6) is 0 Å².